The van der Waals surface area contributed by atoms with Crippen molar-refractivity contribution in [2.45, 2.75) is 6.54 Å². The highest BCUT2D eigenvalue weighted by Gasteiger charge is 2.20. The summed E-state index contributed by atoms with van der Waals surface area (Å²) in [6.07, 6.45) is 2.52. The Balaban J connectivity index is 2.77. The van der Waals surface area contributed by atoms with Gasteiger partial charge >= 0.3 is 5.97 Å². The first kappa shape index (κ1) is 15.8. The topological polar surface area (TPSA) is 77.9 Å². The molecule has 0 unspecified atom stereocenters. The molecule has 0 aliphatic heterocycles. The van der Waals surface area contributed by atoms with Gasteiger partial charge in [0.1, 0.15) is 0 Å². The molecule has 1 rings (SSSR count). The van der Waals surface area contributed by atoms with Gasteiger partial charge in [0.15, 0.2) is 0 Å². The first-order valence-electron chi connectivity index (χ1n) is 5.35. The molecule has 1 N–H and O–H groups in total. The first-order valence-corrected chi connectivity index (χ1v) is 7.63. The largest absolute Gasteiger partial charge is 0.478 e. The van der Waals surface area contributed by atoms with Crippen LogP contribution in [0.4, 0.5) is 0 Å². The summed E-state index contributed by atoms with van der Waals surface area (Å²) in [4.78, 5) is 11.2. The fourth-order valence-corrected chi connectivity index (χ4v) is 3.16. The number of aliphatic carboxylic acids is 1. The van der Waals surface area contributed by atoms with E-state index in [4.69, 9.17) is 5.11 Å². The summed E-state index contributed by atoms with van der Waals surface area (Å²) in [7, 11) is 1.02. The van der Waals surface area contributed by atoms with Gasteiger partial charge in [0, 0.05) is 38.6 Å². The van der Waals surface area contributed by atoms with E-state index in [1.807, 2.05) is 0 Å². The van der Waals surface area contributed by atoms with Gasteiger partial charge in [0.05, 0.1) is 0 Å². The van der Waals surface area contributed by atoms with Crippen molar-refractivity contribution < 1.29 is 18.3 Å². The molecule has 106 valence electrons. The van der Waals surface area contributed by atoms with Crippen LogP contribution in [0.1, 0.15) is 10.4 Å². The molecule has 0 fully saturated rings. The molecule has 0 radical (unpaired) electrons. The molecular weight excluding hydrogens is 288 g/mol. The number of carboxylic acids is 1. The number of rotatable bonds is 6. The molecule has 1 aromatic heterocycles. The minimum absolute atomic E-state index is 0.256. The fraction of sp³-hybridized carbons (Fsp3) is 0.364. The molecular formula is C11H16N2O4S2. The summed E-state index contributed by atoms with van der Waals surface area (Å²) >= 11 is 1.39. The van der Waals surface area contributed by atoms with E-state index < -0.39 is 16.2 Å². The number of carbonyl (C=O) groups is 1. The van der Waals surface area contributed by atoms with E-state index >= 15 is 0 Å². The summed E-state index contributed by atoms with van der Waals surface area (Å²) in [5, 5.41) is 10.3. The average molecular weight is 304 g/mol. The lowest BCUT2D eigenvalue weighted by molar-refractivity contribution is -0.131. The molecule has 0 saturated carbocycles. The van der Waals surface area contributed by atoms with Crippen molar-refractivity contribution in [1.29, 1.82) is 0 Å². The molecule has 0 aliphatic carbocycles. The maximum atomic E-state index is 11.8. The van der Waals surface area contributed by atoms with Gasteiger partial charge in [0.25, 0.3) is 10.2 Å². The zero-order valence-corrected chi connectivity index (χ0v) is 12.5. The Bertz CT molecular complexity index is 575. The Hall–Kier alpha value is -1.22. The third-order valence-electron chi connectivity index (χ3n) is 2.33. The van der Waals surface area contributed by atoms with Crippen molar-refractivity contribution in [3.05, 3.63) is 28.0 Å². The maximum absolute atomic E-state index is 11.8. The van der Waals surface area contributed by atoms with Gasteiger partial charge in [-0.3, -0.25) is 0 Å². The summed E-state index contributed by atoms with van der Waals surface area (Å²) < 4.78 is 26.0. The zero-order valence-electron chi connectivity index (χ0n) is 10.9. The Morgan fingerprint density at radius 3 is 2.58 bits per heavy atom. The standard InChI is InChI=1S/C11H16N2O4S2/c1-12(2)19(16,17)13(3)7-10-6-9(8-18-10)4-5-11(14)15/h4-6,8H,7H2,1-3H3,(H,14,15)/b5-4+. The van der Waals surface area contributed by atoms with E-state index in [-0.39, 0.29) is 6.54 Å². The number of thiophene rings is 1. The minimum Gasteiger partial charge on any atom is -0.478 e. The highest BCUT2D eigenvalue weighted by Crippen LogP contribution is 2.19. The van der Waals surface area contributed by atoms with Crippen LogP contribution in [0.5, 0.6) is 0 Å². The highest BCUT2D eigenvalue weighted by molar-refractivity contribution is 7.86. The maximum Gasteiger partial charge on any atom is 0.328 e. The van der Waals surface area contributed by atoms with Crippen molar-refractivity contribution in [2.24, 2.45) is 0 Å². The molecule has 0 aromatic carbocycles. The second-order valence-corrected chi connectivity index (χ2v) is 7.31. The Morgan fingerprint density at radius 2 is 2.05 bits per heavy atom. The molecule has 1 heterocycles. The summed E-state index contributed by atoms with van der Waals surface area (Å²) in [5.74, 6) is -1.01. The summed E-state index contributed by atoms with van der Waals surface area (Å²) in [6.45, 7) is 0.256. The van der Waals surface area contributed by atoms with E-state index in [1.54, 1.807) is 11.4 Å². The van der Waals surface area contributed by atoms with E-state index in [0.717, 1.165) is 20.8 Å². The van der Waals surface area contributed by atoms with Crippen molar-refractivity contribution >= 4 is 33.6 Å². The second-order valence-electron chi connectivity index (χ2n) is 4.06. The SMILES string of the molecule is CN(C)S(=O)(=O)N(C)Cc1cc(/C=C/C(=O)O)cs1. The Morgan fingerprint density at radius 1 is 1.42 bits per heavy atom. The monoisotopic (exact) mass is 304 g/mol. The Labute approximate surface area is 116 Å². The van der Waals surface area contributed by atoms with Gasteiger partial charge in [-0.25, -0.2) is 4.79 Å². The first-order chi connectivity index (χ1) is 8.73. The van der Waals surface area contributed by atoms with Gasteiger partial charge in [-0.2, -0.15) is 17.0 Å². The molecule has 19 heavy (non-hydrogen) atoms. The lowest BCUT2D eigenvalue weighted by atomic mass is 10.3. The molecule has 0 amide bonds. The average Bonchev–Trinajstić information content (AvgIpc) is 2.73. The third-order valence-corrected chi connectivity index (χ3v) is 5.11. The van der Waals surface area contributed by atoms with Crippen molar-refractivity contribution in [1.82, 2.24) is 8.61 Å². The van der Waals surface area contributed by atoms with Crippen molar-refractivity contribution in [3.63, 3.8) is 0 Å². The predicted molar refractivity (Wildman–Crippen MR) is 75.1 cm³/mol. The zero-order chi connectivity index (χ0) is 14.6. The van der Waals surface area contributed by atoms with Crippen LogP contribution in [0.25, 0.3) is 6.08 Å². The highest BCUT2D eigenvalue weighted by atomic mass is 32.2. The van der Waals surface area contributed by atoms with Crippen LogP contribution in [-0.2, 0) is 21.5 Å². The minimum atomic E-state index is -3.43. The predicted octanol–water partition coefficient (Wildman–Crippen LogP) is 1.08. The van der Waals surface area contributed by atoms with Crippen LogP contribution in [-0.4, -0.2) is 49.2 Å². The molecule has 8 heteroatoms. The molecule has 0 saturated heterocycles. The van der Waals surface area contributed by atoms with Crippen LogP contribution in [0.2, 0.25) is 0 Å². The number of carboxylic acid groups (broad SMARTS) is 1. The molecule has 6 nitrogen and oxygen atoms in total. The van der Waals surface area contributed by atoms with E-state index in [9.17, 15) is 13.2 Å². The van der Waals surface area contributed by atoms with Crippen molar-refractivity contribution in [3.8, 4) is 0 Å². The number of hydrogen-bond donors (Lipinski definition) is 1. The summed E-state index contributed by atoms with van der Waals surface area (Å²) in [6, 6.07) is 1.77. The molecule has 0 spiro atoms. The quantitative estimate of drug-likeness (QED) is 0.798. The Kier molecular flexibility index (Phi) is 5.24. The van der Waals surface area contributed by atoms with Crippen LogP contribution in [0, 0.1) is 0 Å². The normalized spacial score (nSPS) is 12.7. The van der Waals surface area contributed by atoms with Gasteiger partial charge in [-0.15, -0.1) is 11.3 Å². The number of nitrogens with zero attached hydrogens (tertiary/aromatic N) is 2. The van der Waals surface area contributed by atoms with E-state index in [0.29, 0.717) is 0 Å². The third kappa shape index (κ3) is 4.43. The van der Waals surface area contributed by atoms with E-state index in [2.05, 4.69) is 0 Å². The van der Waals surface area contributed by atoms with Crippen LogP contribution in [0.3, 0.4) is 0 Å². The fourth-order valence-electron chi connectivity index (χ4n) is 1.32. The molecule has 0 aliphatic rings. The van der Waals surface area contributed by atoms with Gasteiger partial charge in [-0.1, -0.05) is 0 Å². The van der Waals surface area contributed by atoms with Gasteiger partial charge in [0.2, 0.25) is 0 Å². The number of hydrogen-bond acceptors (Lipinski definition) is 4. The molecule has 0 atom stereocenters. The van der Waals surface area contributed by atoms with Gasteiger partial charge < -0.3 is 5.11 Å². The van der Waals surface area contributed by atoms with Crippen LogP contribution >= 0.6 is 11.3 Å². The lowest BCUT2D eigenvalue weighted by Gasteiger charge is -2.20. The summed E-state index contributed by atoms with van der Waals surface area (Å²) in [5.41, 5.74) is 0.748. The second kappa shape index (κ2) is 6.29. The lowest BCUT2D eigenvalue weighted by Crippen LogP contribution is -2.36. The van der Waals surface area contributed by atoms with Crippen molar-refractivity contribution in [2.75, 3.05) is 21.1 Å². The molecule has 0 bridgehead atoms. The van der Waals surface area contributed by atoms with Gasteiger partial charge in [-0.05, 0) is 23.1 Å². The molecule has 1 aromatic rings. The van der Waals surface area contributed by atoms with Crippen LogP contribution < -0.4 is 0 Å². The smallest absolute Gasteiger partial charge is 0.328 e. The van der Waals surface area contributed by atoms with E-state index in [1.165, 1.54) is 42.9 Å². The van der Waals surface area contributed by atoms with Crippen LogP contribution in [0.15, 0.2) is 17.5 Å².